The van der Waals surface area contributed by atoms with E-state index in [-0.39, 0.29) is 29.3 Å². The molecule has 1 aliphatic rings. The Morgan fingerprint density at radius 2 is 2.14 bits per heavy atom. The molecule has 182 valence electrons. The lowest BCUT2D eigenvalue weighted by Crippen LogP contribution is -2.39. The number of aromatic nitrogens is 4. The highest BCUT2D eigenvalue weighted by Gasteiger charge is 2.24. The molecule has 0 radical (unpaired) electrons. The minimum atomic E-state index is -0.700. The topological polar surface area (TPSA) is 140 Å². The van der Waals surface area contributed by atoms with Gasteiger partial charge in [0.05, 0.1) is 30.1 Å². The molecule has 0 aliphatic carbocycles. The molecule has 1 aromatic carbocycles. The molecule has 0 saturated carbocycles. The Hall–Kier alpha value is -4.12. The molecule has 2 aromatic heterocycles. The number of nitrogens with zero attached hydrogens (tertiary/aromatic N) is 5. The zero-order valence-corrected chi connectivity index (χ0v) is 19.8. The van der Waals surface area contributed by atoms with Crippen LogP contribution in [0.25, 0.3) is 0 Å². The number of nitrogens with one attached hydrogen (secondary N) is 2. The van der Waals surface area contributed by atoms with Crippen LogP contribution in [0.1, 0.15) is 29.2 Å². The summed E-state index contributed by atoms with van der Waals surface area (Å²) in [6.07, 6.45) is 7.90. The second kappa shape index (κ2) is 10.4. The van der Waals surface area contributed by atoms with Crippen LogP contribution in [0.4, 0.5) is 23.1 Å². The van der Waals surface area contributed by atoms with Crippen LogP contribution in [0.15, 0.2) is 49.4 Å². The number of hydrogen-bond acceptors (Lipinski definition) is 8. The number of benzene rings is 1. The Morgan fingerprint density at radius 3 is 2.89 bits per heavy atom. The van der Waals surface area contributed by atoms with Gasteiger partial charge in [0, 0.05) is 25.5 Å². The number of carbonyl (C=O) groups is 2. The number of carbonyl (C=O) groups excluding carboxylic acids is 2. The summed E-state index contributed by atoms with van der Waals surface area (Å²) in [5.74, 6) is 0.0701. The van der Waals surface area contributed by atoms with Crippen molar-refractivity contribution >= 4 is 46.6 Å². The summed E-state index contributed by atoms with van der Waals surface area (Å²) >= 11 is 6.32. The molecule has 1 unspecified atom stereocenters. The van der Waals surface area contributed by atoms with E-state index in [1.165, 1.54) is 19.4 Å². The molecule has 12 heteroatoms. The monoisotopic (exact) mass is 496 g/mol. The highest BCUT2D eigenvalue weighted by atomic mass is 35.5. The van der Waals surface area contributed by atoms with E-state index in [1.807, 2.05) is 10.9 Å². The Morgan fingerprint density at radius 1 is 1.31 bits per heavy atom. The lowest BCUT2D eigenvalue weighted by Gasteiger charge is -2.32. The van der Waals surface area contributed by atoms with Crippen LogP contribution in [0.5, 0.6) is 5.75 Å². The van der Waals surface area contributed by atoms with Gasteiger partial charge in [0.1, 0.15) is 22.8 Å². The predicted octanol–water partition coefficient (Wildman–Crippen LogP) is 3.27. The fourth-order valence-corrected chi connectivity index (χ4v) is 4.08. The number of piperidine rings is 1. The molecule has 1 atom stereocenters. The highest BCUT2D eigenvalue weighted by molar-refractivity contribution is 6.33. The molecule has 2 amide bonds. The standard InChI is InChI=1S/C23H25ClN8O3/c1-3-19(33)31-9-5-6-15(13-31)32-12-14(10-27-32)28-23-26-11-16(21(25)34)22(30-23)29-20-17(24)7-4-8-18(20)35-2/h3-4,7-8,10-12,15H,1,5-6,9,13H2,2H3,(H2,25,34)(H2,26,28,29,30). The van der Waals surface area contributed by atoms with Crippen molar-refractivity contribution in [2.24, 2.45) is 5.73 Å². The second-order valence-corrected chi connectivity index (χ2v) is 8.29. The zero-order valence-electron chi connectivity index (χ0n) is 19.1. The van der Waals surface area contributed by atoms with Gasteiger partial charge in [0.15, 0.2) is 0 Å². The smallest absolute Gasteiger partial charge is 0.254 e. The predicted molar refractivity (Wildman–Crippen MR) is 132 cm³/mol. The van der Waals surface area contributed by atoms with Gasteiger partial charge in [-0.05, 0) is 31.1 Å². The first-order valence-corrected chi connectivity index (χ1v) is 11.3. The van der Waals surface area contributed by atoms with E-state index in [4.69, 9.17) is 22.1 Å². The third-order valence-electron chi connectivity index (χ3n) is 5.61. The van der Waals surface area contributed by atoms with Crippen LogP contribution >= 0.6 is 11.6 Å². The van der Waals surface area contributed by atoms with Crippen LogP contribution in [0, 0.1) is 0 Å². The quantitative estimate of drug-likeness (QED) is 0.403. The van der Waals surface area contributed by atoms with Crippen molar-refractivity contribution < 1.29 is 14.3 Å². The van der Waals surface area contributed by atoms with Gasteiger partial charge in [-0.3, -0.25) is 14.3 Å². The van der Waals surface area contributed by atoms with Crippen molar-refractivity contribution in [2.45, 2.75) is 18.9 Å². The van der Waals surface area contributed by atoms with E-state index < -0.39 is 5.91 Å². The van der Waals surface area contributed by atoms with Crippen LogP contribution in [0.2, 0.25) is 5.02 Å². The van der Waals surface area contributed by atoms with E-state index in [9.17, 15) is 9.59 Å². The number of halogens is 1. The largest absolute Gasteiger partial charge is 0.495 e. The minimum absolute atomic E-state index is 0.0475. The number of ether oxygens (including phenoxy) is 1. The van der Waals surface area contributed by atoms with Crippen LogP contribution < -0.4 is 21.1 Å². The number of methoxy groups -OCH3 is 1. The maximum atomic E-state index is 12.0. The van der Waals surface area contributed by atoms with Crippen molar-refractivity contribution in [2.75, 3.05) is 30.8 Å². The van der Waals surface area contributed by atoms with Gasteiger partial charge >= 0.3 is 0 Å². The molecule has 1 fully saturated rings. The van der Waals surface area contributed by atoms with Gasteiger partial charge in [0.25, 0.3) is 5.91 Å². The maximum absolute atomic E-state index is 12.0. The van der Waals surface area contributed by atoms with E-state index in [0.29, 0.717) is 35.2 Å². The number of para-hydroxylation sites is 1. The van der Waals surface area contributed by atoms with E-state index >= 15 is 0 Å². The summed E-state index contributed by atoms with van der Waals surface area (Å²) in [6.45, 7) is 4.83. The Kier molecular flexibility index (Phi) is 7.16. The van der Waals surface area contributed by atoms with Crippen LogP contribution in [-0.4, -0.2) is 56.7 Å². The van der Waals surface area contributed by atoms with E-state index in [2.05, 4.69) is 32.3 Å². The summed E-state index contributed by atoms with van der Waals surface area (Å²) in [5.41, 5.74) is 6.68. The van der Waals surface area contributed by atoms with Crippen LogP contribution in [-0.2, 0) is 4.79 Å². The molecule has 11 nitrogen and oxygen atoms in total. The summed E-state index contributed by atoms with van der Waals surface area (Å²) in [4.78, 5) is 34.3. The summed E-state index contributed by atoms with van der Waals surface area (Å²) in [5, 5.41) is 10.9. The molecule has 35 heavy (non-hydrogen) atoms. The fraction of sp³-hybridized carbons (Fsp3) is 0.261. The maximum Gasteiger partial charge on any atom is 0.254 e. The zero-order chi connectivity index (χ0) is 24.9. The molecule has 4 N–H and O–H groups in total. The number of amides is 2. The lowest BCUT2D eigenvalue weighted by atomic mass is 10.1. The third-order valence-corrected chi connectivity index (χ3v) is 5.92. The number of primary amides is 1. The first-order chi connectivity index (χ1) is 16.9. The normalized spacial score (nSPS) is 15.4. The molecule has 4 rings (SSSR count). The Labute approximate surface area is 206 Å². The third kappa shape index (κ3) is 5.35. The average molecular weight is 497 g/mol. The summed E-state index contributed by atoms with van der Waals surface area (Å²) in [6, 6.07) is 5.19. The van der Waals surface area contributed by atoms with Crippen molar-refractivity contribution in [3.8, 4) is 5.75 Å². The number of likely N-dealkylation sites (tertiary alicyclic amines) is 1. The molecule has 1 aliphatic heterocycles. The number of nitrogens with two attached hydrogens (primary N) is 1. The van der Waals surface area contributed by atoms with E-state index in [1.54, 1.807) is 29.3 Å². The second-order valence-electron chi connectivity index (χ2n) is 7.88. The molecular formula is C23H25ClN8O3. The lowest BCUT2D eigenvalue weighted by molar-refractivity contribution is -0.127. The molecular weight excluding hydrogens is 472 g/mol. The molecule has 0 spiro atoms. The number of anilines is 4. The number of rotatable bonds is 8. The SMILES string of the molecule is C=CC(=O)N1CCCC(n2cc(Nc3ncc(C(N)=O)c(Nc4c(Cl)cccc4OC)n3)cn2)C1. The summed E-state index contributed by atoms with van der Waals surface area (Å²) < 4.78 is 7.17. The Bertz CT molecular complexity index is 1260. The Balaban J connectivity index is 1.55. The van der Waals surface area contributed by atoms with Gasteiger partial charge in [-0.15, -0.1) is 0 Å². The van der Waals surface area contributed by atoms with Crippen molar-refractivity contribution in [1.29, 1.82) is 0 Å². The number of hydrogen-bond donors (Lipinski definition) is 3. The van der Waals surface area contributed by atoms with Crippen molar-refractivity contribution in [1.82, 2.24) is 24.6 Å². The minimum Gasteiger partial charge on any atom is -0.495 e. The first kappa shape index (κ1) is 24.0. The fourth-order valence-electron chi connectivity index (χ4n) is 3.86. The van der Waals surface area contributed by atoms with Crippen LogP contribution in [0.3, 0.4) is 0 Å². The van der Waals surface area contributed by atoms with Gasteiger partial charge in [-0.2, -0.15) is 10.1 Å². The van der Waals surface area contributed by atoms with Gasteiger partial charge in [-0.25, -0.2) is 4.98 Å². The van der Waals surface area contributed by atoms with Crippen molar-refractivity contribution in [3.63, 3.8) is 0 Å². The first-order valence-electron chi connectivity index (χ1n) is 10.9. The molecule has 1 saturated heterocycles. The van der Waals surface area contributed by atoms with Crippen molar-refractivity contribution in [3.05, 3.63) is 60.0 Å². The van der Waals surface area contributed by atoms with Gasteiger partial charge in [-0.1, -0.05) is 24.2 Å². The average Bonchev–Trinajstić information content (AvgIpc) is 3.33. The molecule has 3 heterocycles. The van der Waals surface area contributed by atoms with E-state index in [0.717, 1.165) is 12.8 Å². The highest BCUT2D eigenvalue weighted by Crippen LogP contribution is 2.35. The van der Waals surface area contributed by atoms with Gasteiger partial charge < -0.3 is 26.0 Å². The molecule has 3 aromatic rings. The summed E-state index contributed by atoms with van der Waals surface area (Å²) in [7, 11) is 1.51. The van der Waals surface area contributed by atoms with Gasteiger partial charge in [0.2, 0.25) is 11.9 Å². The molecule has 0 bridgehead atoms.